The van der Waals surface area contributed by atoms with Gasteiger partial charge in [0.05, 0.1) is 0 Å². The Morgan fingerprint density at radius 3 is 0.947 bits per heavy atom. The molecule has 10 heteroatoms. The van der Waals surface area contributed by atoms with Gasteiger partial charge in [-0.25, -0.2) is 9.59 Å². The van der Waals surface area contributed by atoms with Crippen molar-refractivity contribution in [3.8, 4) is 0 Å². The average molecular weight is 537 g/mol. The Hall–Kier alpha value is -3.30. The number of rotatable bonds is 6. The van der Waals surface area contributed by atoms with Gasteiger partial charge in [0.15, 0.2) is 0 Å². The summed E-state index contributed by atoms with van der Waals surface area (Å²) in [5.41, 5.74) is -2.42. The van der Waals surface area contributed by atoms with Gasteiger partial charge in [0, 0.05) is 11.4 Å². The number of nitrogens with zero attached hydrogens (tertiary/aromatic N) is 2. The fourth-order valence-electron chi connectivity index (χ4n) is 2.97. The number of ether oxygens (including phenoxy) is 4. The van der Waals surface area contributed by atoms with E-state index < -0.39 is 46.5 Å². The molecule has 0 saturated carbocycles. The summed E-state index contributed by atoms with van der Waals surface area (Å²) in [4.78, 5) is 53.3. The Balaban J connectivity index is 3.36. The van der Waals surface area contributed by atoms with E-state index in [0.717, 1.165) is 9.80 Å². The lowest BCUT2D eigenvalue weighted by molar-refractivity contribution is -0.154. The van der Waals surface area contributed by atoms with Crippen molar-refractivity contribution in [3.63, 3.8) is 0 Å². The average Bonchev–Trinajstić information content (AvgIpc) is 2.65. The van der Waals surface area contributed by atoms with Crippen molar-refractivity contribution in [1.29, 1.82) is 0 Å². The van der Waals surface area contributed by atoms with Crippen molar-refractivity contribution in [2.24, 2.45) is 0 Å². The van der Waals surface area contributed by atoms with Crippen LogP contribution in [0.3, 0.4) is 0 Å². The molecule has 10 nitrogen and oxygen atoms in total. The molecule has 0 spiro atoms. The molecule has 38 heavy (non-hydrogen) atoms. The summed E-state index contributed by atoms with van der Waals surface area (Å²) in [6.07, 6.45) is -1.48. The molecule has 0 aliphatic rings. The minimum Gasteiger partial charge on any atom is -0.459 e. The SMILES string of the molecule is CC(C)(C)OC(=O)CN(C(=O)OC(C)(C)C)c1ccc(N(CC(=O)OC(C)(C)C)C(=O)OC(C)(C)C)cc1. The molecule has 0 radical (unpaired) electrons. The molecule has 214 valence electrons. The van der Waals surface area contributed by atoms with Gasteiger partial charge < -0.3 is 18.9 Å². The van der Waals surface area contributed by atoms with Crippen LogP contribution in [0.1, 0.15) is 83.1 Å². The van der Waals surface area contributed by atoms with Crippen molar-refractivity contribution >= 4 is 35.5 Å². The molecule has 0 aliphatic carbocycles. The van der Waals surface area contributed by atoms with E-state index in [1.807, 2.05) is 0 Å². The molecular formula is C28H44N2O8. The Bertz CT molecular complexity index is 909. The number of hydrogen-bond acceptors (Lipinski definition) is 8. The highest BCUT2D eigenvalue weighted by atomic mass is 16.6. The van der Waals surface area contributed by atoms with Crippen LogP contribution in [0.5, 0.6) is 0 Å². The zero-order valence-corrected chi connectivity index (χ0v) is 24.9. The quantitative estimate of drug-likeness (QED) is 0.329. The van der Waals surface area contributed by atoms with Gasteiger partial charge in [0.25, 0.3) is 0 Å². The molecule has 1 aromatic rings. The third-order valence-corrected chi connectivity index (χ3v) is 4.12. The Morgan fingerprint density at radius 1 is 0.500 bits per heavy atom. The molecular weight excluding hydrogens is 492 g/mol. The highest BCUT2D eigenvalue weighted by Gasteiger charge is 2.30. The Morgan fingerprint density at radius 2 is 0.737 bits per heavy atom. The van der Waals surface area contributed by atoms with Gasteiger partial charge in [-0.3, -0.25) is 19.4 Å². The van der Waals surface area contributed by atoms with Gasteiger partial charge in [-0.15, -0.1) is 0 Å². The number of anilines is 2. The van der Waals surface area contributed by atoms with Gasteiger partial charge in [-0.05, 0) is 107 Å². The lowest BCUT2D eigenvalue weighted by atomic mass is 10.2. The lowest BCUT2D eigenvalue weighted by Crippen LogP contribution is -2.42. The first-order valence-electron chi connectivity index (χ1n) is 12.5. The Kier molecular flexibility index (Phi) is 10.4. The molecule has 0 heterocycles. The van der Waals surface area contributed by atoms with E-state index in [-0.39, 0.29) is 13.1 Å². The zero-order valence-electron chi connectivity index (χ0n) is 24.9. The number of benzene rings is 1. The fraction of sp³-hybridized carbons (Fsp3) is 0.643. The van der Waals surface area contributed by atoms with E-state index in [1.54, 1.807) is 83.1 Å². The van der Waals surface area contributed by atoms with Gasteiger partial charge in [-0.1, -0.05) is 0 Å². The van der Waals surface area contributed by atoms with Crippen LogP contribution >= 0.6 is 0 Å². The highest BCUT2D eigenvalue weighted by molar-refractivity contribution is 5.96. The van der Waals surface area contributed by atoms with Gasteiger partial charge in [0.2, 0.25) is 0 Å². The van der Waals surface area contributed by atoms with Crippen molar-refractivity contribution < 1.29 is 38.1 Å². The maximum absolute atomic E-state index is 13.0. The highest BCUT2D eigenvalue weighted by Crippen LogP contribution is 2.25. The van der Waals surface area contributed by atoms with Crippen LogP contribution in [0.2, 0.25) is 0 Å². The lowest BCUT2D eigenvalue weighted by Gasteiger charge is -2.30. The van der Waals surface area contributed by atoms with Gasteiger partial charge >= 0.3 is 24.1 Å². The number of carbonyl (C=O) groups is 4. The van der Waals surface area contributed by atoms with Gasteiger partial charge in [-0.2, -0.15) is 0 Å². The molecule has 0 saturated heterocycles. The van der Waals surface area contributed by atoms with Crippen LogP contribution in [-0.4, -0.2) is 59.6 Å². The van der Waals surface area contributed by atoms with Crippen molar-refractivity contribution in [3.05, 3.63) is 24.3 Å². The molecule has 2 amide bonds. The maximum atomic E-state index is 13.0. The summed E-state index contributed by atoms with van der Waals surface area (Å²) in [5, 5.41) is 0. The van der Waals surface area contributed by atoms with E-state index in [0.29, 0.717) is 11.4 Å². The van der Waals surface area contributed by atoms with Crippen LogP contribution in [-0.2, 0) is 28.5 Å². The van der Waals surface area contributed by atoms with Crippen LogP contribution in [0.15, 0.2) is 24.3 Å². The third kappa shape index (κ3) is 12.8. The fourth-order valence-corrected chi connectivity index (χ4v) is 2.97. The predicted molar refractivity (Wildman–Crippen MR) is 145 cm³/mol. The van der Waals surface area contributed by atoms with E-state index in [9.17, 15) is 19.2 Å². The second-order valence-electron chi connectivity index (χ2n) is 12.8. The monoisotopic (exact) mass is 536 g/mol. The van der Waals surface area contributed by atoms with Gasteiger partial charge in [0.1, 0.15) is 35.5 Å². The smallest absolute Gasteiger partial charge is 0.415 e. The molecule has 0 aliphatic heterocycles. The van der Waals surface area contributed by atoms with E-state index in [1.165, 1.54) is 24.3 Å². The van der Waals surface area contributed by atoms with Crippen LogP contribution in [0, 0.1) is 0 Å². The summed E-state index contributed by atoms with van der Waals surface area (Å²) >= 11 is 0. The minimum absolute atomic E-state index is 0.329. The number of amides is 2. The third-order valence-electron chi connectivity index (χ3n) is 4.12. The normalized spacial score (nSPS) is 12.3. The molecule has 0 aromatic heterocycles. The van der Waals surface area contributed by atoms with Crippen molar-refractivity contribution in [2.45, 2.75) is 105 Å². The number of esters is 2. The number of hydrogen-bond donors (Lipinski definition) is 0. The maximum Gasteiger partial charge on any atom is 0.415 e. The minimum atomic E-state index is -0.801. The second-order valence-corrected chi connectivity index (χ2v) is 12.8. The molecule has 0 unspecified atom stereocenters. The number of carbonyl (C=O) groups excluding carboxylic acids is 4. The van der Waals surface area contributed by atoms with E-state index in [4.69, 9.17) is 18.9 Å². The summed E-state index contributed by atoms with van der Waals surface area (Å²) in [5.74, 6) is -1.24. The molecule has 0 atom stereocenters. The topological polar surface area (TPSA) is 112 Å². The van der Waals surface area contributed by atoms with E-state index in [2.05, 4.69) is 0 Å². The standard InChI is InChI=1S/C28H44N2O8/c1-25(2,3)35-21(31)17-29(23(33)37-27(7,8)9)19-13-15-20(16-14-19)30(24(34)38-28(10,11)12)18-22(32)36-26(4,5)6/h13-16H,17-18H2,1-12H3. The summed E-state index contributed by atoms with van der Waals surface area (Å²) in [6.45, 7) is 19.9. The molecule has 1 rings (SSSR count). The van der Waals surface area contributed by atoms with Crippen LogP contribution in [0.4, 0.5) is 21.0 Å². The first kappa shape index (κ1) is 32.7. The Labute approximate surface area is 226 Å². The summed E-state index contributed by atoms with van der Waals surface area (Å²) in [6, 6.07) is 6.15. The largest absolute Gasteiger partial charge is 0.459 e. The molecule has 0 N–H and O–H groups in total. The van der Waals surface area contributed by atoms with Crippen LogP contribution in [0.25, 0.3) is 0 Å². The van der Waals surface area contributed by atoms with Crippen LogP contribution < -0.4 is 9.80 Å². The zero-order chi connectivity index (χ0) is 29.7. The molecule has 0 bridgehead atoms. The summed E-state index contributed by atoms with van der Waals surface area (Å²) in [7, 11) is 0. The predicted octanol–water partition coefficient (Wildman–Crippen LogP) is 5.85. The first-order chi connectivity index (χ1) is 17.0. The molecule has 0 fully saturated rings. The molecule has 1 aromatic carbocycles. The van der Waals surface area contributed by atoms with E-state index >= 15 is 0 Å². The van der Waals surface area contributed by atoms with Crippen molar-refractivity contribution in [1.82, 2.24) is 0 Å². The first-order valence-corrected chi connectivity index (χ1v) is 12.5. The second kappa shape index (κ2) is 12.0. The van der Waals surface area contributed by atoms with Crippen molar-refractivity contribution in [2.75, 3.05) is 22.9 Å². The summed E-state index contributed by atoms with van der Waals surface area (Å²) < 4.78 is 21.7.